The maximum absolute atomic E-state index is 12.3. The van der Waals surface area contributed by atoms with Gasteiger partial charge in [-0.05, 0) is 48.4 Å². The molecule has 2 aromatic carbocycles. The molecule has 0 bridgehead atoms. The summed E-state index contributed by atoms with van der Waals surface area (Å²) >= 11 is 0. The van der Waals surface area contributed by atoms with Gasteiger partial charge in [-0.2, -0.15) is 0 Å². The number of phenols is 1. The fraction of sp³-hybridized carbons (Fsp3) is 0.333. The Labute approximate surface area is 156 Å². The molecular weight excluding hydrogens is 346 g/mol. The van der Waals surface area contributed by atoms with Gasteiger partial charge in [-0.1, -0.05) is 25.5 Å². The smallest absolute Gasteiger partial charge is 0.407 e. The first-order valence-corrected chi connectivity index (χ1v) is 9.17. The molecule has 3 rings (SSSR count). The molecule has 142 valence electrons. The monoisotopic (exact) mass is 369 g/mol. The molecule has 2 N–H and O–H groups in total. The first kappa shape index (κ1) is 18.8. The molecule has 3 aromatic rings. The van der Waals surface area contributed by atoms with Crippen molar-refractivity contribution in [2.24, 2.45) is 0 Å². The molecular formula is C21H23NO5. The van der Waals surface area contributed by atoms with Gasteiger partial charge in [0.2, 0.25) is 0 Å². The average molecular weight is 369 g/mol. The highest BCUT2D eigenvalue weighted by Crippen LogP contribution is 2.26. The number of carbonyl (C=O) groups excluding carboxylic acids is 1. The number of unbranched alkanes of at least 4 members (excludes halogenated alkanes) is 1. The summed E-state index contributed by atoms with van der Waals surface area (Å²) < 4.78 is 10.4. The number of carbonyl (C=O) groups is 1. The van der Waals surface area contributed by atoms with Crippen molar-refractivity contribution in [2.45, 2.75) is 32.6 Å². The largest absolute Gasteiger partial charge is 0.508 e. The molecule has 0 spiro atoms. The Bertz CT molecular complexity index is 1010. The van der Waals surface area contributed by atoms with Crippen LogP contribution in [0.3, 0.4) is 0 Å². The van der Waals surface area contributed by atoms with Gasteiger partial charge in [-0.15, -0.1) is 0 Å². The van der Waals surface area contributed by atoms with E-state index < -0.39 is 11.7 Å². The Morgan fingerprint density at radius 3 is 2.74 bits per heavy atom. The maximum atomic E-state index is 12.3. The minimum absolute atomic E-state index is 0.0577. The molecule has 0 fully saturated rings. The second kappa shape index (κ2) is 8.58. The number of fused-ring (bicyclic) bond motifs is 3. The van der Waals surface area contributed by atoms with Crippen LogP contribution in [0.2, 0.25) is 0 Å². The van der Waals surface area contributed by atoms with E-state index in [4.69, 9.17) is 9.15 Å². The molecule has 0 radical (unpaired) electrons. The van der Waals surface area contributed by atoms with Gasteiger partial charge in [-0.25, -0.2) is 9.59 Å². The number of hydrogen-bond donors (Lipinski definition) is 2. The van der Waals surface area contributed by atoms with Crippen LogP contribution in [0.4, 0.5) is 4.79 Å². The van der Waals surface area contributed by atoms with Gasteiger partial charge < -0.3 is 19.6 Å². The van der Waals surface area contributed by atoms with Crippen LogP contribution >= 0.6 is 0 Å². The molecule has 0 aliphatic rings. The number of alkyl carbamates (subject to hydrolysis) is 1. The zero-order chi connectivity index (χ0) is 19.2. The number of phenolic OH excluding ortho intramolecular Hbond substituents is 1. The molecule has 0 aliphatic heterocycles. The molecule has 6 nitrogen and oxygen atoms in total. The number of rotatable bonds is 7. The Balaban J connectivity index is 1.66. The van der Waals surface area contributed by atoms with Crippen LogP contribution in [0.15, 0.2) is 45.6 Å². The van der Waals surface area contributed by atoms with Crippen LogP contribution in [0.25, 0.3) is 21.7 Å². The van der Waals surface area contributed by atoms with Crippen LogP contribution in [-0.4, -0.2) is 24.4 Å². The van der Waals surface area contributed by atoms with Gasteiger partial charge in [0, 0.05) is 18.0 Å². The van der Waals surface area contributed by atoms with Crippen molar-refractivity contribution in [1.29, 1.82) is 0 Å². The number of benzene rings is 2. The van der Waals surface area contributed by atoms with Gasteiger partial charge in [0.05, 0.1) is 12.0 Å². The Morgan fingerprint density at radius 1 is 1.11 bits per heavy atom. The maximum Gasteiger partial charge on any atom is 0.407 e. The van der Waals surface area contributed by atoms with E-state index in [0.717, 1.165) is 42.0 Å². The van der Waals surface area contributed by atoms with Crippen LogP contribution in [-0.2, 0) is 11.2 Å². The number of aromatic hydroxyl groups is 1. The quantitative estimate of drug-likeness (QED) is 0.372. The molecule has 27 heavy (non-hydrogen) atoms. The van der Waals surface area contributed by atoms with Crippen LogP contribution < -0.4 is 10.9 Å². The second-order valence-corrected chi connectivity index (χ2v) is 6.47. The van der Waals surface area contributed by atoms with E-state index in [1.54, 1.807) is 12.1 Å². The van der Waals surface area contributed by atoms with Gasteiger partial charge >= 0.3 is 11.7 Å². The normalized spacial score (nSPS) is 11.0. The summed E-state index contributed by atoms with van der Waals surface area (Å²) in [6, 6.07) is 10.4. The summed E-state index contributed by atoms with van der Waals surface area (Å²) in [7, 11) is 0. The van der Waals surface area contributed by atoms with Crippen LogP contribution in [0, 0.1) is 0 Å². The molecule has 0 saturated carbocycles. The van der Waals surface area contributed by atoms with E-state index in [0.29, 0.717) is 24.1 Å². The number of aryl methyl sites for hydroxylation is 1. The summed E-state index contributed by atoms with van der Waals surface area (Å²) in [6.07, 6.45) is 2.91. The fourth-order valence-corrected chi connectivity index (χ4v) is 2.97. The zero-order valence-corrected chi connectivity index (χ0v) is 15.3. The first-order valence-electron chi connectivity index (χ1n) is 9.17. The number of ether oxygens (including phenoxy) is 1. The summed E-state index contributed by atoms with van der Waals surface area (Å²) in [5.74, 6) is 0.0577. The third-order valence-electron chi connectivity index (χ3n) is 4.40. The first-order chi connectivity index (χ1) is 13.1. The molecule has 0 aliphatic carbocycles. The summed E-state index contributed by atoms with van der Waals surface area (Å²) in [5.41, 5.74) is 0.933. The van der Waals surface area contributed by atoms with Crippen molar-refractivity contribution in [1.82, 2.24) is 5.32 Å². The fourth-order valence-electron chi connectivity index (χ4n) is 2.97. The van der Waals surface area contributed by atoms with Gasteiger partial charge in [0.1, 0.15) is 11.3 Å². The van der Waals surface area contributed by atoms with E-state index in [2.05, 4.69) is 5.32 Å². The van der Waals surface area contributed by atoms with Crippen molar-refractivity contribution in [2.75, 3.05) is 13.2 Å². The van der Waals surface area contributed by atoms with Crippen molar-refractivity contribution >= 4 is 27.8 Å². The van der Waals surface area contributed by atoms with E-state index in [-0.39, 0.29) is 5.75 Å². The van der Waals surface area contributed by atoms with Crippen molar-refractivity contribution in [3.8, 4) is 5.75 Å². The summed E-state index contributed by atoms with van der Waals surface area (Å²) in [4.78, 5) is 23.8. The van der Waals surface area contributed by atoms with Gasteiger partial charge in [0.25, 0.3) is 0 Å². The highest BCUT2D eigenvalue weighted by molar-refractivity contribution is 6.04. The average Bonchev–Trinajstić information content (AvgIpc) is 2.65. The minimum atomic E-state index is -0.428. The highest BCUT2D eigenvalue weighted by Gasteiger charge is 2.09. The lowest BCUT2D eigenvalue weighted by Crippen LogP contribution is -2.25. The Kier molecular flexibility index (Phi) is 5.96. The zero-order valence-electron chi connectivity index (χ0n) is 15.3. The van der Waals surface area contributed by atoms with E-state index in [9.17, 15) is 14.7 Å². The summed E-state index contributed by atoms with van der Waals surface area (Å²) in [6.45, 7) is 2.99. The molecule has 1 aromatic heterocycles. The number of nitrogens with one attached hydrogen (secondary N) is 1. The highest BCUT2D eigenvalue weighted by atomic mass is 16.5. The lowest BCUT2D eigenvalue weighted by atomic mass is 10.0. The molecule has 6 heteroatoms. The predicted molar refractivity (Wildman–Crippen MR) is 104 cm³/mol. The standard InChI is InChI=1S/C21H23NO5/c1-2-3-11-26-21(25)22-10-4-5-14-6-8-16-17-9-7-15(23)13-19(17)27-20(24)18(16)12-14/h6-9,12-13,23H,2-5,10-11H2,1H3,(H,22,25). The Morgan fingerprint density at radius 2 is 1.93 bits per heavy atom. The Hall–Kier alpha value is -3.02. The molecule has 1 amide bonds. The van der Waals surface area contributed by atoms with Crippen LogP contribution in [0.1, 0.15) is 31.7 Å². The SMILES string of the molecule is CCCCOC(=O)NCCCc1ccc2c(c1)c(=O)oc1cc(O)ccc12. The van der Waals surface area contributed by atoms with E-state index in [1.807, 2.05) is 25.1 Å². The minimum Gasteiger partial charge on any atom is -0.508 e. The second-order valence-electron chi connectivity index (χ2n) is 6.47. The van der Waals surface area contributed by atoms with E-state index >= 15 is 0 Å². The van der Waals surface area contributed by atoms with Gasteiger partial charge in [0.15, 0.2) is 0 Å². The van der Waals surface area contributed by atoms with Crippen molar-refractivity contribution in [3.63, 3.8) is 0 Å². The molecule has 0 unspecified atom stereocenters. The van der Waals surface area contributed by atoms with Crippen molar-refractivity contribution < 1.29 is 19.1 Å². The lowest BCUT2D eigenvalue weighted by molar-refractivity contribution is 0.144. The topological polar surface area (TPSA) is 88.8 Å². The lowest BCUT2D eigenvalue weighted by Gasteiger charge is -2.08. The molecule has 0 atom stereocenters. The van der Waals surface area contributed by atoms with Gasteiger partial charge in [-0.3, -0.25) is 0 Å². The third kappa shape index (κ3) is 4.58. The molecule has 0 saturated heterocycles. The molecule has 1 heterocycles. The van der Waals surface area contributed by atoms with Crippen LogP contribution in [0.5, 0.6) is 5.75 Å². The number of hydrogen-bond acceptors (Lipinski definition) is 5. The predicted octanol–water partition coefficient (Wildman–Crippen LogP) is 4.11. The third-order valence-corrected chi connectivity index (χ3v) is 4.40. The van der Waals surface area contributed by atoms with E-state index in [1.165, 1.54) is 6.07 Å². The van der Waals surface area contributed by atoms with Crippen molar-refractivity contribution in [3.05, 3.63) is 52.4 Å². The summed E-state index contributed by atoms with van der Waals surface area (Å²) in [5, 5.41) is 14.4. The number of amides is 1.